The first-order chi connectivity index (χ1) is 21.4. The molecule has 0 aromatic carbocycles. The van der Waals surface area contributed by atoms with E-state index in [2.05, 4.69) is 41.6 Å². The number of nitrogens with two attached hydrogens (primary N) is 1. The quantitative estimate of drug-likeness (QED) is 0.212. The van der Waals surface area contributed by atoms with E-state index >= 15 is 8.78 Å². The number of hydrogen-bond donors (Lipinski definition) is 4. The second-order valence-electron chi connectivity index (χ2n) is 15.5. The average Bonchev–Trinajstić information content (AvgIpc) is 3.53. The number of nitrogens with one attached hydrogen (secondary N) is 3. The van der Waals surface area contributed by atoms with Crippen molar-refractivity contribution in [1.82, 2.24) is 25.8 Å². The van der Waals surface area contributed by atoms with Crippen LogP contribution in [0, 0.1) is 16.7 Å². The van der Waals surface area contributed by atoms with Crippen molar-refractivity contribution in [2.24, 2.45) is 22.5 Å². The van der Waals surface area contributed by atoms with Crippen molar-refractivity contribution in [3.05, 3.63) is 0 Å². The first kappa shape index (κ1) is 36.5. The fraction of sp³-hybridized carbons (Fsp3) is 0.943. The summed E-state index contributed by atoms with van der Waals surface area (Å²) >= 11 is 0. The molecule has 45 heavy (non-hydrogen) atoms. The van der Waals surface area contributed by atoms with Crippen LogP contribution in [0.2, 0.25) is 0 Å². The molecule has 8 nitrogen and oxygen atoms in total. The highest BCUT2D eigenvalue weighted by Crippen LogP contribution is 2.71. The van der Waals surface area contributed by atoms with E-state index in [1.807, 2.05) is 11.8 Å². The normalized spacial score (nSPS) is 37.2. The van der Waals surface area contributed by atoms with Gasteiger partial charge in [-0.25, -0.2) is 8.78 Å². The summed E-state index contributed by atoms with van der Waals surface area (Å²) in [6, 6.07) is -1.20. The Bertz CT molecular complexity index is 980. The van der Waals surface area contributed by atoms with Crippen LogP contribution in [0.1, 0.15) is 112 Å². The van der Waals surface area contributed by atoms with Crippen LogP contribution in [0.4, 0.5) is 8.78 Å². The zero-order valence-corrected chi connectivity index (χ0v) is 28.9. The maximum absolute atomic E-state index is 16.1. The monoisotopic (exact) mass is 639 g/mol. The summed E-state index contributed by atoms with van der Waals surface area (Å²) in [5, 5.41) is 10.3. The second kappa shape index (κ2) is 15.7. The van der Waals surface area contributed by atoms with E-state index < -0.39 is 35.9 Å². The van der Waals surface area contributed by atoms with E-state index in [0.717, 1.165) is 64.2 Å². The molecule has 9 atom stereocenters. The van der Waals surface area contributed by atoms with Crippen molar-refractivity contribution in [3.63, 3.8) is 0 Å². The van der Waals surface area contributed by atoms with Gasteiger partial charge >= 0.3 is 0 Å². The summed E-state index contributed by atoms with van der Waals surface area (Å²) in [6.07, 6.45) is 9.48. The molecule has 3 aliphatic heterocycles. The summed E-state index contributed by atoms with van der Waals surface area (Å²) in [5.41, 5.74) is 5.82. The summed E-state index contributed by atoms with van der Waals surface area (Å²) in [7, 11) is 0. The Balaban J connectivity index is 1.61. The fourth-order valence-electron chi connectivity index (χ4n) is 9.39. The van der Waals surface area contributed by atoms with Gasteiger partial charge in [0.25, 0.3) is 0 Å². The van der Waals surface area contributed by atoms with Gasteiger partial charge in [-0.1, -0.05) is 65.7 Å². The molecule has 1 saturated carbocycles. The molecule has 0 aromatic rings. The standard InChI is InChI=1S/C35H64F2N6O2/c1-6-8-10-12-14-35(24-39-22-28(37)31(35)43-17-15-42(16-18-43)26(4)44)41-32(45)30(25(3)38)29-20-34(13-11-9-7-2)23-33(34,5)19-27(36)21-40-29/h25,27-31,39-40H,6-24,38H2,1-5H3,(H,41,45). The third-order valence-electron chi connectivity index (χ3n) is 12.0. The topological polar surface area (TPSA) is 103 Å². The van der Waals surface area contributed by atoms with Gasteiger partial charge in [0, 0.05) is 64.8 Å². The van der Waals surface area contributed by atoms with E-state index in [4.69, 9.17) is 5.73 Å². The Morgan fingerprint density at radius 1 is 0.978 bits per heavy atom. The molecule has 2 amide bonds. The molecule has 9 unspecified atom stereocenters. The molecule has 4 aliphatic rings. The van der Waals surface area contributed by atoms with Crippen LogP contribution >= 0.6 is 0 Å². The van der Waals surface area contributed by atoms with E-state index in [9.17, 15) is 9.59 Å². The molecular weight excluding hydrogens is 574 g/mol. The van der Waals surface area contributed by atoms with Crippen molar-refractivity contribution < 1.29 is 18.4 Å². The molecule has 0 aromatic heterocycles. The number of piperazine rings is 1. The molecule has 260 valence electrons. The van der Waals surface area contributed by atoms with Crippen LogP contribution in [-0.2, 0) is 9.59 Å². The minimum absolute atomic E-state index is 0.0191. The van der Waals surface area contributed by atoms with Crippen LogP contribution < -0.4 is 21.7 Å². The van der Waals surface area contributed by atoms with Crippen LogP contribution in [0.15, 0.2) is 0 Å². The number of fused-ring (bicyclic) bond motifs is 1. The molecule has 4 rings (SSSR count). The van der Waals surface area contributed by atoms with E-state index in [-0.39, 0.29) is 41.8 Å². The number of carbonyl (C=O) groups excluding carboxylic acids is 2. The Kier molecular flexibility index (Phi) is 12.7. The van der Waals surface area contributed by atoms with Gasteiger partial charge in [-0.15, -0.1) is 0 Å². The lowest BCUT2D eigenvalue weighted by atomic mass is 9.74. The van der Waals surface area contributed by atoms with Crippen molar-refractivity contribution >= 4 is 11.8 Å². The summed E-state index contributed by atoms with van der Waals surface area (Å²) < 4.78 is 31.4. The predicted molar refractivity (Wildman–Crippen MR) is 177 cm³/mol. The van der Waals surface area contributed by atoms with Gasteiger partial charge in [-0.2, -0.15) is 0 Å². The SMILES string of the molecule is CCCCCCC1(NC(=O)C(C(C)N)C2CC3(CCCCC)CC3(C)CC(F)CN2)CNCC(F)C1N1CCN(C(C)=O)CC1. The van der Waals surface area contributed by atoms with Crippen LogP contribution in [-0.4, -0.2) is 103 Å². The summed E-state index contributed by atoms with van der Waals surface area (Å²) in [5.74, 6) is -0.675. The Hall–Kier alpha value is -1.36. The van der Waals surface area contributed by atoms with Gasteiger partial charge in [0.2, 0.25) is 11.8 Å². The number of alkyl halides is 2. The van der Waals surface area contributed by atoms with Crippen molar-refractivity contribution in [2.75, 3.05) is 45.8 Å². The van der Waals surface area contributed by atoms with Gasteiger partial charge in [-0.3, -0.25) is 14.5 Å². The van der Waals surface area contributed by atoms with Crippen molar-refractivity contribution in [3.8, 4) is 0 Å². The number of unbranched alkanes of at least 4 members (excludes halogenated alkanes) is 5. The largest absolute Gasteiger partial charge is 0.347 e. The summed E-state index contributed by atoms with van der Waals surface area (Å²) in [6.45, 7) is 13.3. The van der Waals surface area contributed by atoms with E-state index in [1.165, 1.54) is 0 Å². The number of halogens is 2. The van der Waals surface area contributed by atoms with E-state index in [0.29, 0.717) is 45.6 Å². The average molecular weight is 639 g/mol. The lowest BCUT2D eigenvalue weighted by molar-refractivity contribution is -0.133. The Morgan fingerprint density at radius 3 is 2.29 bits per heavy atom. The van der Waals surface area contributed by atoms with Gasteiger partial charge < -0.3 is 26.6 Å². The maximum atomic E-state index is 16.1. The zero-order valence-electron chi connectivity index (χ0n) is 28.9. The Labute approximate surface area is 271 Å². The smallest absolute Gasteiger partial charge is 0.226 e. The molecule has 10 heteroatoms. The third kappa shape index (κ3) is 8.39. The fourth-order valence-corrected chi connectivity index (χ4v) is 9.39. The molecule has 0 spiro atoms. The molecule has 3 saturated heterocycles. The maximum Gasteiger partial charge on any atom is 0.226 e. The van der Waals surface area contributed by atoms with Crippen LogP contribution in [0.5, 0.6) is 0 Å². The zero-order chi connectivity index (χ0) is 32.8. The van der Waals surface area contributed by atoms with Crippen LogP contribution in [0.3, 0.4) is 0 Å². The van der Waals surface area contributed by atoms with Gasteiger partial charge in [0.1, 0.15) is 12.3 Å². The molecule has 4 fully saturated rings. The lowest BCUT2D eigenvalue weighted by Gasteiger charge is -2.53. The molecule has 1 aliphatic carbocycles. The first-order valence-corrected chi connectivity index (χ1v) is 18.2. The second-order valence-corrected chi connectivity index (χ2v) is 15.5. The number of carbonyl (C=O) groups is 2. The van der Waals surface area contributed by atoms with Crippen molar-refractivity contribution in [1.29, 1.82) is 0 Å². The third-order valence-corrected chi connectivity index (χ3v) is 12.0. The van der Waals surface area contributed by atoms with Gasteiger partial charge in [0.05, 0.1) is 17.5 Å². The Morgan fingerprint density at radius 2 is 1.64 bits per heavy atom. The molecule has 0 bridgehead atoms. The number of rotatable bonds is 14. The molecule has 3 heterocycles. The number of piperidine rings is 1. The van der Waals surface area contributed by atoms with Gasteiger partial charge in [0.15, 0.2) is 0 Å². The molecule has 0 radical (unpaired) electrons. The van der Waals surface area contributed by atoms with E-state index in [1.54, 1.807) is 6.92 Å². The van der Waals surface area contributed by atoms with Gasteiger partial charge in [-0.05, 0) is 49.9 Å². The van der Waals surface area contributed by atoms with Crippen molar-refractivity contribution in [2.45, 2.75) is 148 Å². The molecule has 5 N–H and O–H groups in total. The first-order valence-electron chi connectivity index (χ1n) is 18.2. The highest BCUT2D eigenvalue weighted by Gasteiger charge is 2.65. The summed E-state index contributed by atoms with van der Waals surface area (Å²) in [4.78, 5) is 30.7. The number of hydrogen-bond acceptors (Lipinski definition) is 6. The number of amides is 2. The molecular formula is C35H64F2N6O2. The van der Waals surface area contributed by atoms with Crippen LogP contribution in [0.25, 0.3) is 0 Å². The predicted octanol–water partition coefficient (Wildman–Crippen LogP) is 4.32. The minimum atomic E-state index is -1.16. The minimum Gasteiger partial charge on any atom is -0.347 e. The highest BCUT2D eigenvalue weighted by atomic mass is 19.1. The lowest BCUT2D eigenvalue weighted by Crippen LogP contribution is -2.75. The highest BCUT2D eigenvalue weighted by molar-refractivity contribution is 5.81. The number of nitrogens with zero attached hydrogens (tertiary/aromatic N) is 2.